The van der Waals surface area contributed by atoms with Gasteiger partial charge >= 0.3 is 0 Å². The first-order valence-corrected chi connectivity index (χ1v) is 8.76. The molecular formula is C18H23NOS. The molecule has 0 saturated heterocycles. The maximum Gasteiger partial charge on any atom is 0.0498 e. The van der Waals surface area contributed by atoms with Gasteiger partial charge in [-0.25, -0.2) is 0 Å². The summed E-state index contributed by atoms with van der Waals surface area (Å²) in [4.78, 5) is 0.875. The molecule has 0 aliphatic heterocycles. The minimum absolute atomic E-state index is 0.268. The first-order valence-electron chi connectivity index (χ1n) is 7.20. The summed E-state index contributed by atoms with van der Waals surface area (Å²) in [6.07, 6.45) is 1.71. The predicted octanol–water partition coefficient (Wildman–Crippen LogP) is 3.89. The molecule has 1 N–H and O–H groups in total. The molecule has 2 aromatic carbocycles. The van der Waals surface area contributed by atoms with Gasteiger partial charge in [0.25, 0.3) is 0 Å². The van der Waals surface area contributed by atoms with Crippen molar-refractivity contribution in [1.29, 1.82) is 0 Å². The Morgan fingerprint density at radius 1 is 1.10 bits per heavy atom. The van der Waals surface area contributed by atoms with Crippen molar-refractivity contribution in [1.82, 2.24) is 5.32 Å². The van der Waals surface area contributed by atoms with Crippen molar-refractivity contribution in [2.75, 3.05) is 6.26 Å². The maximum absolute atomic E-state index is 11.4. The third-order valence-corrected chi connectivity index (χ3v) is 4.75. The molecule has 2 atom stereocenters. The van der Waals surface area contributed by atoms with Crippen LogP contribution in [0.15, 0.2) is 47.4 Å². The van der Waals surface area contributed by atoms with Gasteiger partial charge in [0.05, 0.1) is 0 Å². The zero-order valence-electron chi connectivity index (χ0n) is 13.1. The number of rotatable bonds is 5. The third kappa shape index (κ3) is 4.26. The number of aryl methyl sites for hydroxylation is 2. The highest BCUT2D eigenvalue weighted by Gasteiger charge is 2.07. The molecule has 0 radical (unpaired) electrons. The van der Waals surface area contributed by atoms with Crippen LogP contribution >= 0.6 is 0 Å². The molecule has 2 nitrogen and oxygen atoms in total. The largest absolute Gasteiger partial charge is 0.306 e. The molecule has 0 fully saturated rings. The van der Waals surface area contributed by atoms with E-state index in [1.807, 2.05) is 12.1 Å². The van der Waals surface area contributed by atoms with Crippen molar-refractivity contribution >= 4 is 10.8 Å². The van der Waals surface area contributed by atoms with Crippen LogP contribution in [0.2, 0.25) is 0 Å². The Labute approximate surface area is 130 Å². The Kier molecular flexibility index (Phi) is 5.32. The van der Waals surface area contributed by atoms with Gasteiger partial charge in [-0.2, -0.15) is 0 Å². The monoisotopic (exact) mass is 301 g/mol. The Morgan fingerprint density at radius 2 is 1.76 bits per heavy atom. The van der Waals surface area contributed by atoms with E-state index >= 15 is 0 Å². The fraction of sp³-hybridized carbons (Fsp3) is 0.333. The summed E-state index contributed by atoms with van der Waals surface area (Å²) in [5, 5.41) is 3.56. The number of hydrogen-bond acceptors (Lipinski definition) is 2. The average Bonchev–Trinajstić information content (AvgIpc) is 2.48. The molecular weight excluding hydrogens is 278 g/mol. The highest BCUT2D eigenvalue weighted by Crippen LogP contribution is 2.17. The fourth-order valence-corrected chi connectivity index (χ4v) is 2.84. The minimum Gasteiger partial charge on any atom is -0.306 e. The molecule has 0 aliphatic rings. The average molecular weight is 301 g/mol. The van der Waals surface area contributed by atoms with E-state index in [-0.39, 0.29) is 6.04 Å². The van der Waals surface area contributed by atoms with Crippen LogP contribution in [0, 0.1) is 13.8 Å². The van der Waals surface area contributed by atoms with E-state index in [1.165, 1.54) is 22.3 Å². The predicted molar refractivity (Wildman–Crippen MR) is 89.9 cm³/mol. The lowest BCUT2D eigenvalue weighted by Crippen LogP contribution is -2.18. The topological polar surface area (TPSA) is 29.1 Å². The van der Waals surface area contributed by atoms with Gasteiger partial charge in [-0.05, 0) is 49.6 Å². The van der Waals surface area contributed by atoms with Crippen molar-refractivity contribution in [3.05, 3.63) is 64.7 Å². The van der Waals surface area contributed by atoms with Gasteiger partial charge < -0.3 is 5.32 Å². The molecule has 21 heavy (non-hydrogen) atoms. The van der Waals surface area contributed by atoms with Gasteiger partial charge in [-0.3, -0.25) is 4.21 Å². The summed E-state index contributed by atoms with van der Waals surface area (Å²) in [5.41, 5.74) is 5.17. The summed E-state index contributed by atoms with van der Waals surface area (Å²) in [7, 11) is -0.910. The summed E-state index contributed by atoms with van der Waals surface area (Å²) in [6.45, 7) is 7.28. The summed E-state index contributed by atoms with van der Waals surface area (Å²) in [5.74, 6) is 0. The van der Waals surface area contributed by atoms with Crippen LogP contribution < -0.4 is 5.32 Å². The zero-order chi connectivity index (χ0) is 15.4. The van der Waals surface area contributed by atoms with Crippen molar-refractivity contribution in [3.63, 3.8) is 0 Å². The lowest BCUT2D eigenvalue weighted by atomic mass is 10.0. The standard InChI is InChI=1S/C18H23NOS/c1-13-5-6-14(2)17(11-13)12-19-15(3)16-7-9-18(10-8-16)21(4)20/h5-11,15,19H,12H2,1-4H3/t15-,21+/m1/s1. The van der Waals surface area contributed by atoms with E-state index in [4.69, 9.17) is 0 Å². The minimum atomic E-state index is -0.910. The van der Waals surface area contributed by atoms with Crippen LogP contribution in [-0.2, 0) is 17.3 Å². The molecule has 0 bridgehead atoms. The molecule has 0 aromatic heterocycles. The van der Waals surface area contributed by atoms with Crippen molar-refractivity contribution < 1.29 is 4.21 Å². The van der Waals surface area contributed by atoms with Gasteiger partial charge in [0, 0.05) is 34.5 Å². The first-order chi connectivity index (χ1) is 9.97. The van der Waals surface area contributed by atoms with Crippen molar-refractivity contribution in [2.45, 2.75) is 38.3 Å². The molecule has 112 valence electrons. The van der Waals surface area contributed by atoms with E-state index in [0.29, 0.717) is 0 Å². The Bertz CT molecular complexity index is 634. The van der Waals surface area contributed by atoms with E-state index < -0.39 is 10.8 Å². The Balaban J connectivity index is 2.02. The van der Waals surface area contributed by atoms with Crippen LogP contribution in [0.4, 0.5) is 0 Å². The Hall–Kier alpha value is -1.45. The Morgan fingerprint density at radius 3 is 2.38 bits per heavy atom. The highest BCUT2D eigenvalue weighted by molar-refractivity contribution is 7.84. The smallest absolute Gasteiger partial charge is 0.0498 e. The van der Waals surface area contributed by atoms with Gasteiger partial charge in [-0.15, -0.1) is 0 Å². The van der Waals surface area contributed by atoms with E-state index in [0.717, 1.165) is 11.4 Å². The molecule has 3 heteroatoms. The molecule has 0 unspecified atom stereocenters. The molecule has 0 saturated carbocycles. The number of nitrogens with one attached hydrogen (secondary N) is 1. The van der Waals surface area contributed by atoms with E-state index in [2.05, 4.69) is 56.4 Å². The van der Waals surface area contributed by atoms with Crippen LogP contribution in [0.25, 0.3) is 0 Å². The second-order valence-electron chi connectivity index (χ2n) is 5.56. The highest BCUT2D eigenvalue weighted by atomic mass is 32.2. The van der Waals surface area contributed by atoms with E-state index in [1.54, 1.807) is 6.26 Å². The molecule has 2 aromatic rings. The van der Waals surface area contributed by atoms with Crippen LogP contribution in [0.1, 0.15) is 35.2 Å². The maximum atomic E-state index is 11.4. The lowest BCUT2D eigenvalue weighted by molar-refractivity contribution is 0.573. The van der Waals surface area contributed by atoms with Gasteiger partial charge in [0.1, 0.15) is 0 Å². The molecule has 0 aliphatic carbocycles. The summed E-state index contributed by atoms with van der Waals surface area (Å²) < 4.78 is 11.4. The summed E-state index contributed by atoms with van der Waals surface area (Å²) >= 11 is 0. The van der Waals surface area contributed by atoms with Gasteiger partial charge in [-0.1, -0.05) is 35.9 Å². The van der Waals surface area contributed by atoms with Crippen molar-refractivity contribution in [3.8, 4) is 0 Å². The molecule has 2 rings (SSSR count). The zero-order valence-corrected chi connectivity index (χ0v) is 14.0. The van der Waals surface area contributed by atoms with Crippen LogP contribution in [0.5, 0.6) is 0 Å². The summed E-state index contributed by atoms with van der Waals surface area (Å²) in [6, 6.07) is 14.8. The SMILES string of the molecule is Cc1ccc(C)c(CN[C@H](C)c2ccc([S@](C)=O)cc2)c1. The number of benzene rings is 2. The molecule has 0 heterocycles. The van der Waals surface area contributed by atoms with Crippen LogP contribution in [-0.4, -0.2) is 10.5 Å². The van der Waals surface area contributed by atoms with Crippen molar-refractivity contribution in [2.24, 2.45) is 0 Å². The van der Waals surface area contributed by atoms with E-state index in [9.17, 15) is 4.21 Å². The molecule has 0 amide bonds. The second-order valence-corrected chi connectivity index (χ2v) is 6.94. The second kappa shape index (κ2) is 7.01. The van der Waals surface area contributed by atoms with Crippen LogP contribution in [0.3, 0.4) is 0 Å². The first kappa shape index (κ1) is 15.9. The van der Waals surface area contributed by atoms with Gasteiger partial charge in [0.15, 0.2) is 0 Å². The quantitative estimate of drug-likeness (QED) is 0.907. The van der Waals surface area contributed by atoms with Gasteiger partial charge in [0.2, 0.25) is 0 Å². The normalized spacial score (nSPS) is 13.9. The fourth-order valence-electron chi connectivity index (χ4n) is 2.32. The molecule has 0 spiro atoms. The number of hydrogen-bond donors (Lipinski definition) is 1. The lowest BCUT2D eigenvalue weighted by Gasteiger charge is -2.16. The third-order valence-electron chi connectivity index (χ3n) is 3.82.